The third kappa shape index (κ3) is 4.48. The van der Waals surface area contributed by atoms with Gasteiger partial charge in [-0.25, -0.2) is 0 Å². The molecule has 23 heavy (non-hydrogen) atoms. The lowest BCUT2D eigenvalue weighted by Gasteiger charge is -2.22. The second-order valence-electron chi connectivity index (χ2n) is 5.03. The monoisotopic (exact) mass is 313 g/mol. The number of aliphatic hydroxyl groups excluding tert-OH is 1. The summed E-state index contributed by atoms with van der Waals surface area (Å²) in [6.45, 7) is -0.0757. The van der Waals surface area contributed by atoms with Crippen LogP contribution < -0.4 is 5.32 Å². The fourth-order valence-electron chi connectivity index (χ4n) is 2.22. The molecule has 0 radical (unpaired) electrons. The third-order valence-corrected chi connectivity index (χ3v) is 3.49. The van der Waals surface area contributed by atoms with Crippen molar-refractivity contribution in [2.24, 2.45) is 0 Å². The van der Waals surface area contributed by atoms with E-state index in [1.54, 1.807) is 48.5 Å². The van der Waals surface area contributed by atoms with Gasteiger partial charge in [-0.2, -0.15) is 0 Å². The van der Waals surface area contributed by atoms with Crippen molar-refractivity contribution in [3.63, 3.8) is 0 Å². The summed E-state index contributed by atoms with van der Waals surface area (Å²) >= 11 is 0. The number of esters is 1. The molecular formula is C18H19NO4. The molecule has 0 saturated heterocycles. The van der Waals surface area contributed by atoms with Gasteiger partial charge in [0.25, 0.3) is 0 Å². The molecule has 0 aliphatic carbocycles. The van der Waals surface area contributed by atoms with Gasteiger partial charge in [-0.15, -0.1) is 0 Å². The number of rotatable bonds is 7. The van der Waals surface area contributed by atoms with E-state index in [0.29, 0.717) is 11.1 Å². The summed E-state index contributed by atoms with van der Waals surface area (Å²) in [6, 6.07) is 16.5. The maximum absolute atomic E-state index is 12.1. The van der Waals surface area contributed by atoms with Crippen LogP contribution >= 0.6 is 0 Å². The van der Waals surface area contributed by atoms with E-state index in [1.165, 1.54) is 7.11 Å². The van der Waals surface area contributed by atoms with Gasteiger partial charge in [0, 0.05) is 5.56 Å². The van der Waals surface area contributed by atoms with Gasteiger partial charge in [-0.3, -0.25) is 14.9 Å². The zero-order valence-electron chi connectivity index (χ0n) is 12.8. The van der Waals surface area contributed by atoms with Gasteiger partial charge < -0.3 is 9.84 Å². The van der Waals surface area contributed by atoms with Gasteiger partial charge in [0.05, 0.1) is 13.7 Å². The van der Waals surface area contributed by atoms with Crippen LogP contribution in [0, 0.1) is 0 Å². The van der Waals surface area contributed by atoms with Crippen LogP contribution in [0.1, 0.15) is 22.0 Å². The molecule has 0 bridgehead atoms. The topological polar surface area (TPSA) is 75.6 Å². The molecule has 5 nitrogen and oxygen atoms in total. The number of methoxy groups -OCH3 is 1. The van der Waals surface area contributed by atoms with Gasteiger partial charge in [0.15, 0.2) is 5.78 Å². The SMILES string of the molecule is COC(=O)[C@@H](NCC(=O)c1ccccc1)[C@H](O)c1ccccc1. The third-order valence-electron chi connectivity index (χ3n) is 3.49. The molecule has 0 fully saturated rings. The van der Waals surface area contributed by atoms with Crippen molar-refractivity contribution in [2.45, 2.75) is 12.1 Å². The first-order valence-electron chi connectivity index (χ1n) is 7.26. The molecule has 0 aliphatic heterocycles. The van der Waals surface area contributed by atoms with Crippen molar-refractivity contribution >= 4 is 11.8 Å². The highest BCUT2D eigenvalue weighted by molar-refractivity contribution is 5.97. The number of carbonyl (C=O) groups is 2. The van der Waals surface area contributed by atoms with E-state index in [2.05, 4.69) is 5.32 Å². The highest BCUT2D eigenvalue weighted by atomic mass is 16.5. The lowest BCUT2D eigenvalue weighted by atomic mass is 10.0. The molecule has 2 atom stereocenters. The lowest BCUT2D eigenvalue weighted by Crippen LogP contribution is -2.44. The second kappa shape index (κ2) is 8.22. The summed E-state index contributed by atoms with van der Waals surface area (Å²) in [5, 5.41) is 13.2. The normalized spacial score (nSPS) is 13.1. The minimum Gasteiger partial charge on any atom is -0.468 e. The first-order chi connectivity index (χ1) is 11.1. The van der Waals surface area contributed by atoms with Gasteiger partial charge in [0.1, 0.15) is 12.1 Å². The predicted molar refractivity (Wildman–Crippen MR) is 86.0 cm³/mol. The van der Waals surface area contributed by atoms with E-state index in [9.17, 15) is 14.7 Å². The van der Waals surface area contributed by atoms with Crippen molar-refractivity contribution < 1.29 is 19.4 Å². The largest absolute Gasteiger partial charge is 0.468 e. The fourth-order valence-corrected chi connectivity index (χ4v) is 2.22. The fraction of sp³-hybridized carbons (Fsp3) is 0.222. The molecule has 5 heteroatoms. The Morgan fingerprint density at radius 2 is 1.61 bits per heavy atom. The minimum atomic E-state index is -1.10. The summed E-state index contributed by atoms with van der Waals surface area (Å²) in [7, 11) is 1.24. The summed E-state index contributed by atoms with van der Waals surface area (Å²) in [4.78, 5) is 24.0. The zero-order valence-corrected chi connectivity index (χ0v) is 12.8. The van der Waals surface area contributed by atoms with Crippen molar-refractivity contribution in [1.29, 1.82) is 0 Å². The molecule has 0 amide bonds. The van der Waals surface area contributed by atoms with Crippen molar-refractivity contribution in [2.75, 3.05) is 13.7 Å². The van der Waals surface area contributed by atoms with Crippen LogP contribution in [0.15, 0.2) is 60.7 Å². The Bertz CT molecular complexity index is 643. The molecule has 0 spiro atoms. The van der Waals surface area contributed by atoms with E-state index in [1.807, 2.05) is 12.1 Å². The molecule has 0 saturated carbocycles. The van der Waals surface area contributed by atoms with E-state index < -0.39 is 18.1 Å². The Hall–Kier alpha value is -2.50. The maximum atomic E-state index is 12.1. The molecule has 0 heterocycles. The van der Waals surface area contributed by atoms with Crippen molar-refractivity contribution in [3.8, 4) is 0 Å². The zero-order chi connectivity index (χ0) is 16.7. The number of ether oxygens (including phenoxy) is 1. The number of hydrogen-bond donors (Lipinski definition) is 2. The number of Topliss-reactive ketones (excluding diaryl/α,β-unsaturated/α-hetero) is 1. The standard InChI is InChI=1S/C18H19NO4/c1-23-18(22)16(17(21)14-10-6-3-7-11-14)19-12-15(20)13-8-4-2-5-9-13/h2-11,16-17,19,21H,12H2,1H3/t16-,17+/m0/s1. The van der Waals surface area contributed by atoms with Crippen LogP contribution in [0.5, 0.6) is 0 Å². The van der Waals surface area contributed by atoms with Gasteiger partial charge in [-0.1, -0.05) is 60.7 Å². The average Bonchev–Trinajstić information content (AvgIpc) is 2.62. The number of nitrogens with one attached hydrogen (secondary N) is 1. The first-order valence-corrected chi connectivity index (χ1v) is 7.26. The number of benzene rings is 2. The van der Waals surface area contributed by atoms with E-state index in [0.717, 1.165) is 0 Å². The molecule has 0 unspecified atom stereocenters. The van der Waals surface area contributed by atoms with E-state index in [-0.39, 0.29) is 12.3 Å². The van der Waals surface area contributed by atoms with E-state index in [4.69, 9.17) is 4.74 Å². The average molecular weight is 313 g/mol. The number of ketones is 1. The molecule has 2 aromatic carbocycles. The van der Waals surface area contributed by atoms with Gasteiger partial charge >= 0.3 is 5.97 Å². The Labute approximate surface area is 134 Å². The van der Waals surface area contributed by atoms with Gasteiger partial charge in [0.2, 0.25) is 0 Å². The van der Waals surface area contributed by atoms with Crippen LogP contribution in [0.4, 0.5) is 0 Å². The number of aliphatic hydroxyl groups is 1. The Kier molecular flexibility index (Phi) is 6.02. The molecule has 2 N–H and O–H groups in total. The summed E-state index contributed by atoms with van der Waals surface area (Å²) in [5.74, 6) is -0.790. The van der Waals surface area contributed by atoms with Crippen molar-refractivity contribution in [1.82, 2.24) is 5.32 Å². The molecule has 2 rings (SSSR count). The molecule has 0 aliphatic rings. The smallest absolute Gasteiger partial charge is 0.325 e. The van der Waals surface area contributed by atoms with Crippen LogP contribution in [0.3, 0.4) is 0 Å². The summed E-state index contributed by atoms with van der Waals surface area (Å²) < 4.78 is 4.72. The minimum absolute atomic E-state index is 0.0757. The molecule has 120 valence electrons. The highest BCUT2D eigenvalue weighted by Crippen LogP contribution is 2.17. The summed E-state index contributed by atoms with van der Waals surface area (Å²) in [6.07, 6.45) is -1.10. The van der Waals surface area contributed by atoms with Crippen LogP contribution in [0.2, 0.25) is 0 Å². The van der Waals surface area contributed by atoms with Crippen LogP contribution in [0.25, 0.3) is 0 Å². The Morgan fingerprint density at radius 1 is 1.04 bits per heavy atom. The summed E-state index contributed by atoms with van der Waals surface area (Å²) in [5.41, 5.74) is 1.11. The quantitative estimate of drug-likeness (QED) is 0.601. The maximum Gasteiger partial charge on any atom is 0.325 e. The van der Waals surface area contributed by atoms with Crippen LogP contribution in [-0.2, 0) is 9.53 Å². The number of carbonyl (C=O) groups excluding carboxylic acids is 2. The Balaban J connectivity index is 2.07. The molecule has 2 aromatic rings. The second-order valence-corrected chi connectivity index (χ2v) is 5.03. The number of hydrogen-bond acceptors (Lipinski definition) is 5. The van der Waals surface area contributed by atoms with Crippen LogP contribution in [-0.4, -0.2) is 36.6 Å². The van der Waals surface area contributed by atoms with Crippen molar-refractivity contribution in [3.05, 3.63) is 71.8 Å². The van der Waals surface area contributed by atoms with E-state index >= 15 is 0 Å². The first kappa shape index (κ1) is 16.9. The van der Waals surface area contributed by atoms with Gasteiger partial charge in [-0.05, 0) is 5.56 Å². The lowest BCUT2D eigenvalue weighted by molar-refractivity contribution is -0.146. The molecule has 0 aromatic heterocycles. The highest BCUT2D eigenvalue weighted by Gasteiger charge is 2.29. The molecular weight excluding hydrogens is 294 g/mol. The predicted octanol–water partition coefficient (Wildman–Crippen LogP) is 1.73. The Morgan fingerprint density at radius 3 is 2.17 bits per heavy atom.